The van der Waals surface area contributed by atoms with Gasteiger partial charge in [0.15, 0.2) is 5.78 Å². The lowest BCUT2D eigenvalue weighted by molar-refractivity contribution is -0.130. The molecule has 3 atom stereocenters. The van der Waals surface area contributed by atoms with Crippen molar-refractivity contribution >= 4 is 35.0 Å². The van der Waals surface area contributed by atoms with E-state index in [0.29, 0.717) is 22.6 Å². The summed E-state index contributed by atoms with van der Waals surface area (Å²) < 4.78 is 0. The standard InChI is InChI=1S/C30H33N5O4/c1-18(2)25(34-28(37)19(3)31-4)30(39)35-24(17-21-13-10-16-32-27(21)35)29(38)33-23-15-9-8-14-22(23)26(36)20-11-6-5-7-12-20/h5-16,18-19,24-25,31H,17H2,1-4H3,(H,33,38)(H,34,37)/t19-,24-,25-/m0/s1. The van der Waals surface area contributed by atoms with Crippen molar-refractivity contribution in [2.24, 2.45) is 5.92 Å². The zero-order valence-corrected chi connectivity index (χ0v) is 22.5. The number of carbonyl (C=O) groups is 4. The minimum absolute atomic E-state index is 0.225. The molecule has 202 valence electrons. The van der Waals surface area contributed by atoms with Crippen LogP contribution in [-0.2, 0) is 20.8 Å². The molecule has 3 N–H and O–H groups in total. The molecule has 1 aliphatic heterocycles. The Hall–Kier alpha value is -4.37. The molecule has 0 saturated carbocycles. The summed E-state index contributed by atoms with van der Waals surface area (Å²) in [6.07, 6.45) is 1.82. The highest BCUT2D eigenvalue weighted by atomic mass is 16.2. The number of rotatable bonds is 9. The molecule has 0 bridgehead atoms. The van der Waals surface area contributed by atoms with Gasteiger partial charge in [-0.3, -0.25) is 24.1 Å². The highest BCUT2D eigenvalue weighted by Gasteiger charge is 2.43. The highest BCUT2D eigenvalue weighted by molar-refractivity contribution is 6.15. The van der Waals surface area contributed by atoms with Gasteiger partial charge in [0, 0.05) is 23.7 Å². The molecular formula is C30H33N5O4. The molecule has 0 unspecified atom stereocenters. The van der Waals surface area contributed by atoms with Crippen LogP contribution >= 0.6 is 0 Å². The lowest BCUT2D eigenvalue weighted by atomic mass is 10.0. The van der Waals surface area contributed by atoms with E-state index in [1.165, 1.54) is 4.90 Å². The third-order valence-electron chi connectivity index (χ3n) is 6.88. The van der Waals surface area contributed by atoms with E-state index in [9.17, 15) is 19.2 Å². The molecule has 2 aromatic carbocycles. The zero-order chi connectivity index (χ0) is 28.1. The van der Waals surface area contributed by atoms with Crippen LogP contribution in [-0.4, -0.2) is 53.7 Å². The van der Waals surface area contributed by atoms with E-state index in [2.05, 4.69) is 20.9 Å². The summed E-state index contributed by atoms with van der Waals surface area (Å²) in [5.74, 6) is -1.28. The van der Waals surface area contributed by atoms with Crippen molar-refractivity contribution in [1.29, 1.82) is 0 Å². The predicted octanol–water partition coefficient (Wildman–Crippen LogP) is 2.96. The molecule has 0 aliphatic carbocycles. The van der Waals surface area contributed by atoms with Crippen LogP contribution in [0.1, 0.15) is 42.3 Å². The van der Waals surface area contributed by atoms with E-state index < -0.39 is 29.9 Å². The summed E-state index contributed by atoms with van der Waals surface area (Å²) in [4.78, 5) is 59.3. The highest BCUT2D eigenvalue weighted by Crippen LogP contribution is 2.32. The van der Waals surface area contributed by atoms with Gasteiger partial charge in [-0.15, -0.1) is 0 Å². The topological polar surface area (TPSA) is 120 Å². The molecule has 39 heavy (non-hydrogen) atoms. The van der Waals surface area contributed by atoms with Crippen molar-refractivity contribution in [2.45, 2.75) is 45.3 Å². The first kappa shape index (κ1) is 27.7. The minimum Gasteiger partial charge on any atom is -0.343 e. The molecule has 2 heterocycles. The number of nitrogens with one attached hydrogen (secondary N) is 3. The number of nitrogens with zero attached hydrogens (tertiary/aromatic N) is 2. The number of likely N-dealkylation sites (N-methyl/N-ethyl adjacent to an activating group) is 1. The average molecular weight is 528 g/mol. The van der Waals surface area contributed by atoms with Gasteiger partial charge < -0.3 is 16.0 Å². The van der Waals surface area contributed by atoms with E-state index in [4.69, 9.17) is 0 Å². The van der Waals surface area contributed by atoms with Crippen molar-refractivity contribution in [1.82, 2.24) is 15.6 Å². The van der Waals surface area contributed by atoms with Gasteiger partial charge in [-0.2, -0.15) is 0 Å². The first-order valence-corrected chi connectivity index (χ1v) is 13.0. The second kappa shape index (κ2) is 12.0. The number of hydrogen-bond acceptors (Lipinski definition) is 6. The van der Waals surface area contributed by atoms with Gasteiger partial charge >= 0.3 is 0 Å². The van der Waals surface area contributed by atoms with Crippen molar-refractivity contribution in [2.75, 3.05) is 17.3 Å². The summed E-state index contributed by atoms with van der Waals surface area (Å²) in [7, 11) is 1.66. The zero-order valence-electron chi connectivity index (χ0n) is 22.5. The largest absolute Gasteiger partial charge is 0.343 e. The molecule has 9 nitrogen and oxygen atoms in total. The Kier molecular flexibility index (Phi) is 8.51. The number of fused-ring (bicyclic) bond motifs is 1. The van der Waals surface area contributed by atoms with Crippen LogP contribution in [0.25, 0.3) is 0 Å². The predicted molar refractivity (Wildman–Crippen MR) is 149 cm³/mol. The lowest BCUT2D eigenvalue weighted by Crippen LogP contribution is -2.57. The van der Waals surface area contributed by atoms with E-state index in [0.717, 1.165) is 5.56 Å². The molecule has 0 radical (unpaired) electrons. The van der Waals surface area contributed by atoms with Crippen molar-refractivity contribution < 1.29 is 19.2 Å². The SMILES string of the molecule is CN[C@@H](C)C(=O)N[C@H](C(=O)N1c2ncccc2C[C@H]1C(=O)Nc1ccccc1C(=O)c1ccccc1)C(C)C. The van der Waals surface area contributed by atoms with Gasteiger partial charge in [-0.25, -0.2) is 4.98 Å². The third kappa shape index (κ3) is 5.88. The summed E-state index contributed by atoms with van der Waals surface area (Å²) >= 11 is 0. The smallest absolute Gasteiger partial charge is 0.251 e. The number of para-hydroxylation sites is 1. The summed E-state index contributed by atoms with van der Waals surface area (Å²) in [6, 6.07) is 16.9. The maximum atomic E-state index is 13.9. The molecule has 0 fully saturated rings. The van der Waals surface area contributed by atoms with E-state index in [1.54, 1.807) is 74.8 Å². The molecule has 4 rings (SSSR count). The monoisotopic (exact) mass is 527 g/mol. The Morgan fingerprint density at radius 2 is 1.62 bits per heavy atom. The van der Waals surface area contributed by atoms with Crippen LogP contribution in [0.3, 0.4) is 0 Å². The van der Waals surface area contributed by atoms with Gasteiger partial charge in [-0.1, -0.05) is 62.4 Å². The number of ketones is 1. The Bertz CT molecular complexity index is 1370. The molecular weight excluding hydrogens is 494 g/mol. The Labute approximate surface area is 228 Å². The lowest BCUT2D eigenvalue weighted by Gasteiger charge is -2.31. The van der Waals surface area contributed by atoms with Crippen LogP contribution in [0, 0.1) is 5.92 Å². The number of amides is 3. The van der Waals surface area contributed by atoms with Gasteiger partial charge in [0.25, 0.3) is 5.91 Å². The molecule has 0 saturated heterocycles. The Morgan fingerprint density at radius 3 is 2.31 bits per heavy atom. The summed E-state index contributed by atoms with van der Waals surface area (Å²) in [5, 5.41) is 8.58. The average Bonchev–Trinajstić information content (AvgIpc) is 3.35. The van der Waals surface area contributed by atoms with Crippen LogP contribution in [0.4, 0.5) is 11.5 Å². The summed E-state index contributed by atoms with van der Waals surface area (Å²) in [5.41, 5.74) is 1.94. The third-order valence-corrected chi connectivity index (χ3v) is 6.88. The molecule has 9 heteroatoms. The maximum absolute atomic E-state index is 13.9. The number of carbonyl (C=O) groups excluding carboxylic acids is 4. The summed E-state index contributed by atoms with van der Waals surface area (Å²) in [6.45, 7) is 5.37. The fourth-order valence-corrected chi connectivity index (χ4v) is 4.55. The van der Waals surface area contributed by atoms with Gasteiger partial charge in [-0.05, 0) is 43.7 Å². The number of hydrogen-bond donors (Lipinski definition) is 3. The van der Waals surface area contributed by atoms with Crippen LogP contribution in [0.15, 0.2) is 72.9 Å². The van der Waals surface area contributed by atoms with Gasteiger partial charge in [0.1, 0.15) is 17.9 Å². The van der Waals surface area contributed by atoms with E-state index >= 15 is 0 Å². The Morgan fingerprint density at radius 1 is 0.923 bits per heavy atom. The molecule has 1 aliphatic rings. The first-order chi connectivity index (χ1) is 18.7. The van der Waals surface area contributed by atoms with E-state index in [-0.39, 0.29) is 24.0 Å². The van der Waals surface area contributed by atoms with Gasteiger partial charge in [0.2, 0.25) is 11.8 Å². The molecule has 3 aromatic rings. The number of anilines is 2. The van der Waals surface area contributed by atoms with Crippen LogP contribution in [0.5, 0.6) is 0 Å². The maximum Gasteiger partial charge on any atom is 0.251 e. The fraction of sp³-hybridized carbons (Fsp3) is 0.300. The minimum atomic E-state index is -0.915. The van der Waals surface area contributed by atoms with Crippen molar-refractivity contribution in [3.63, 3.8) is 0 Å². The quantitative estimate of drug-likeness (QED) is 0.368. The Balaban J connectivity index is 1.64. The number of aromatic nitrogens is 1. The van der Waals surface area contributed by atoms with Gasteiger partial charge in [0.05, 0.1) is 11.7 Å². The second-order valence-electron chi connectivity index (χ2n) is 9.88. The molecule has 3 amide bonds. The molecule has 1 aromatic heterocycles. The van der Waals surface area contributed by atoms with Crippen LogP contribution < -0.4 is 20.9 Å². The fourth-order valence-electron chi connectivity index (χ4n) is 4.55. The number of pyridine rings is 1. The van der Waals surface area contributed by atoms with Crippen molar-refractivity contribution in [3.05, 3.63) is 89.6 Å². The normalized spacial score (nSPS) is 15.8. The molecule has 0 spiro atoms. The van der Waals surface area contributed by atoms with Crippen LogP contribution in [0.2, 0.25) is 0 Å². The second-order valence-corrected chi connectivity index (χ2v) is 9.88. The first-order valence-electron chi connectivity index (χ1n) is 13.0. The number of benzene rings is 2. The van der Waals surface area contributed by atoms with Crippen molar-refractivity contribution in [3.8, 4) is 0 Å². The van der Waals surface area contributed by atoms with E-state index in [1.807, 2.05) is 26.0 Å².